The number of hydrogen-bond donors (Lipinski definition) is 1. The molecule has 0 spiro atoms. The van der Waals surface area contributed by atoms with Crippen molar-refractivity contribution in [2.24, 2.45) is 0 Å². The predicted octanol–water partition coefficient (Wildman–Crippen LogP) is 2.81. The first-order valence-electron chi connectivity index (χ1n) is 7.37. The van der Waals surface area contributed by atoms with Crippen LogP contribution in [0.4, 0.5) is 13.2 Å². The lowest BCUT2D eigenvalue weighted by Gasteiger charge is -2.26. The van der Waals surface area contributed by atoms with Crippen molar-refractivity contribution in [1.29, 1.82) is 0 Å². The number of rotatable bonds is 3. The molecule has 9 heteroatoms. The molecular weight excluding hydrogens is 349 g/mol. The van der Waals surface area contributed by atoms with E-state index in [9.17, 15) is 21.6 Å². The van der Waals surface area contributed by atoms with Crippen LogP contribution in [-0.4, -0.2) is 43.4 Å². The fourth-order valence-corrected chi connectivity index (χ4v) is 5.70. The highest BCUT2D eigenvalue weighted by Gasteiger charge is 2.43. The van der Waals surface area contributed by atoms with Crippen LogP contribution in [0.25, 0.3) is 0 Å². The number of benzene rings is 1. The lowest BCUT2D eigenvalue weighted by molar-refractivity contribution is -0.0328. The molecule has 0 saturated carbocycles. The molecule has 0 aromatic heterocycles. The second kappa shape index (κ2) is 6.27. The van der Waals surface area contributed by atoms with Gasteiger partial charge >= 0.3 is 5.51 Å². The maximum Gasteiger partial charge on any atom is 0.446 e. The number of nitrogens with zero attached hydrogens (tertiary/aromatic N) is 1. The molecule has 3 rings (SSSR count). The summed E-state index contributed by atoms with van der Waals surface area (Å²) in [6, 6.07) is 4.86. The van der Waals surface area contributed by atoms with Crippen molar-refractivity contribution in [1.82, 2.24) is 9.62 Å². The van der Waals surface area contributed by atoms with Crippen molar-refractivity contribution < 1.29 is 21.6 Å². The molecule has 1 aromatic carbocycles. The van der Waals surface area contributed by atoms with Gasteiger partial charge in [-0.05, 0) is 61.8 Å². The SMILES string of the molecule is O=S(=O)(c1ccc(SC(F)(F)F)cc1)N1C2CCNCC1CC2. The van der Waals surface area contributed by atoms with Gasteiger partial charge in [0.1, 0.15) is 0 Å². The number of sulfonamides is 1. The molecule has 4 nitrogen and oxygen atoms in total. The number of nitrogens with one attached hydrogen (secondary N) is 1. The van der Waals surface area contributed by atoms with Crippen LogP contribution >= 0.6 is 11.8 Å². The Kier molecular flexibility index (Phi) is 4.65. The van der Waals surface area contributed by atoms with Gasteiger partial charge in [0.25, 0.3) is 0 Å². The number of alkyl halides is 3. The monoisotopic (exact) mass is 366 g/mol. The van der Waals surface area contributed by atoms with Gasteiger partial charge in [-0.3, -0.25) is 0 Å². The Balaban J connectivity index is 1.85. The predicted molar refractivity (Wildman–Crippen MR) is 81.7 cm³/mol. The van der Waals surface area contributed by atoms with Gasteiger partial charge in [-0.15, -0.1) is 0 Å². The van der Waals surface area contributed by atoms with E-state index >= 15 is 0 Å². The maximum absolute atomic E-state index is 12.9. The van der Waals surface area contributed by atoms with Crippen molar-refractivity contribution in [3.63, 3.8) is 0 Å². The molecule has 0 aliphatic carbocycles. The Morgan fingerprint density at radius 1 is 1.09 bits per heavy atom. The summed E-state index contributed by atoms with van der Waals surface area (Å²) in [5.41, 5.74) is -4.38. The summed E-state index contributed by atoms with van der Waals surface area (Å²) >= 11 is -0.246. The maximum atomic E-state index is 12.9. The smallest absolute Gasteiger partial charge is 0.315 e. The zero-order chi connectivity index (χ0) is 16.7. The minimum atomic E-state index is -4.38. The Morgan fingerprint density at radius 3 is 2.39 bits per heavy atom. The first-order chi connectivity index (χ1) is 10.8. The number of fused-ring (bicyclic) bond motifs is 2. The number of hydrogen-bond acceptors (Lipinski definition) is 4. The quantitative estimate of drug-likeness (QED) is 0.836. The van der Waals surface area contributed by atoms with E-state index in [2.05, 4.69) is 5.32 Å². The fraction of sp³-hybridized carbons (Fsp3) is 0.571. The van der Waals surface area contributed by atoms with Crippen LogP contribution < -0.4 is 5.32 Å². The van der Waals surface area contributed by atoms with Crippen molar-refractivity contribution in [2.45, 2.75) is 46.6 Å². The molecule has 2 atom stereocenters. The van der Waals surface area contributed by atoms with Crippen LogP contribution in [0, 0.1) is 0 Å². The second-order valence-corrected chi connectivity index (χ2v) is 8.71. The normalized spacial score (nSPS) is 26.2. The number of thioether (sulfide) groups is 1. The summed E-state index contributed by atoms with van der Waals surface area (Å²) < 4.78 is 64.3. The molecule has 0 amide bonds. The average Bonchev–Trinajstić information content (AvgIpc) is 2.71. The van der Waals surface area contributed by atoms with Gasteiger partial charge < -0.3 is 5.32 Å². The second-order valence-electron chi connectivity index (χ2n) is 5.73. The lowest BCUT2D eigenvalue weighted by atomic mass is 10.1. The summed E-state index contributed by atoms with van der Waals surface area (Å²) in [5.74, 6) is 0. The highest BCUT2D eigenvalue weighted by Crippen LogP contribution is 2.38. The molecule has 2 fully saturated rings. The van der Waals surface area contributed by atoms with E-state index in [1.807, 2.05) is 0 Å². The van der Waals surface area contributed by atoms with Gasteiger partial charge in [0, 0.05) is 23.5 Å². The summed E-state index contributed by atoms with van der Waals surface area (Å²) in [6.07, 6.45) is 2.42. The third-order valence-corrected chi connectivity index (χ3v) is 6.98. The molecule has 2 aliphatic rings. The van der Waals surface area contributed by atoms with Gasteiger partial charge in [-0.25, -0.2) is 8.42 Å². The van der Waals surface area contributed by atoms with Crippen LogP contribution in [0.15, 0.2) is 34.1 Å². The highest BCUT2D eigenvalue weighted by molar-refractivity contribution is 8.00. The van der Waals surface area contributed by atoms with Gasteiger partial charge in [-0.1, -0.05) is 0 Å². The van der Waals surface area contributed by atoms with Crippen LogP contribution in [0.2, 0.25) is 0 Å². The van der Waals surface area contributed by atoms with Crippen molar-refractivity contribution in [2.75, 3.05) is 13.1 Å². The van der Waals surface area contributed by atoms with E-state index in [1.165, 1.54) is 24.3 Å². The van der Waals surface area contributed by atoms with Gasteiger partial charge in [0.2, 0.25) is 10.0 Å². The summed E-state index contributed by atoms with van der Waals surface area (Å²) in [5, 5.41) is 3.23. The molecular formula is C14H17F3N2O2S2. The van der Waals surface area contributed by atoms with Crippen LogP contribution in [0.5, 0.6) is 0 Å². The molecule has 1 aromatic rings. The van der Waals surface area contributed by atoms with Gasteiger partial charge in [-0.2, -0.15) is 17.5 Å². The van der Waals surface area contributed by atoms with Crippen molar-refractivity contribution >= 4 is 21.8 Å². The van der Waals surface area contributed by atoms with Crippen molar-refractivity contribution in [3.05, 3.63) is 24.3 Å². The third-order valence-electron chi connectivity index (χ3n) is 4.22. The highest BCUT2D eigenvalue weighted by atomic mass is 32.2. The minimum Gasteiger partial charge on any atom is -0.315 e. The Bertz CT molecular complexity index is 648. The average molecular weight is 366 g/mol. The largest absolute Gasteiger partial charge is 0.446 e. The summed E-state index contributed by atoms with van der Waals surface area (Å²) in [4.78, 5) is 0.0415. The summed E-state index contributed by atoms with van der Waals surface area (Å²) in [6.45, 7) is 1.41. The van der Waals surface area contributed by atoms with Gasteiger partial charge in [0.05, 0.1) is 4.90 Å². The molecule has 2 unspecified atom stereocenters. The van der Waals surface area contributed by atoms with E-state index in [4.69, 9.17) is 0 Å². The molecule has 1 N–H and O–H groups in total. The first-order valence-corrected chi connectivity index (χ1v) is 9.63. The molecule has 2 heterocycles. The van der Waals surface area contributed by atoms with Crippen LogP contribution in [0.3, 0.4) is 0 Å². The molecule has 2 saturated heterocycles. The standard InChI is InChI=1S/C14H17F3N2O2S2/c15-14(16,17)22-12-3-5-13(6-4-12)23(20,21)19-10-1-2-11(19)9-18-8-7-10/h3-6,10-11,18H,1-2,7-9H2. The van der Waals surface area contributed by atoms with Crippen molar-refractivity contribution in [3.8, 4) is 0 Å². The summed E-state index contributed by atoms with van der Waals surface area (Å²) in [7, 11) is -3.68. The van der Waals surface area contributed by atoms with E-state index < -0.39 is 15.5 Å². The van der Waals surface area contributed by atoms with Crippen LogP contribution in [0.1, 0.15) is 19.3 Å². The number of halogens is 3. The molecule has 2 bridgehead atoms. The fourth-order valence-electron chi connectivity index (χ4n) is 3.27. The minimum absolute atomic E-state index is 0.0167. The van der Waals surface area contributed by atoms with Crippen LogP contribution in [-0.2, 0) is 10.0 Å². The molecule has 23 heavy (non-hydrogen) atoms. The van der Waals surface area contributed by atoms with Gasteiger partial charge in [0.15, 0.2) is 0 Å². The zero-order valence-corrected chi connectivity index (χ0v) is 13.8. The molecule has 128 valence electrons. The molecule has 0 radical (unpaired) electrons. The van der Waals surface area contributed by atoms with E-state index in [0.717, 1.165) is 25.8 Å². The molecule has 2 aliphatic heterocycles. The van der Waals surface area contributed by atoms with E-state index in [-0.39, 0.29) is 33.6 Å². The third kappa shape index (κ3) is 3.67. The lowest BCUT2D eigenvalue weighted by Crippen LogP contribution is -2.42. The topological polar surface area (TPSA) is 49.4 Å². The van der Waals surface area contributed by atoms with E-state index in [1.54, 1.807) is 4.31 Å². The first kappa shape index (κ1) is 17.1. The Morgan fingerprint density at radius 2 is 1.74 bits per heavy atom. The zero-order valence-electron chi connectivity index (χ0n) is 12.2. The van der Waals surface area contributed by atoms with E-state index in [0.29, 0.717) is 6.54 Å². The Hall–Kier alpha value is -0.770. The Labute approximate surface area is 137 Å².